The lowest BCUT2D eigenvalue weighted by Gasteiger charge is -2.48. The first-order chi connectivity index (χ1) is 9.51. The number of carbonyl (C=O) groups is 1. The minimum atomic E-state index is -0.337. The van der Waals surface area contributed by atoms with Gasteiger partial charge in [0.1, 0.15) is 5.82 Å². The third-order valence-corrected chi connectivity index (χ3v) is 3.69. The summed E-state index contributed by atoms with van der Waals surface area (Å²) in [5.74, 6) is -0.457. The van der Waals surface area contributed by atoms with Crippen molar-refractivity contribution in [1.82, 2.24) is 0 Å². The molecule has 0 N–H and O–H groups in total. The van der Waals surface area contributed by atoms with E-state index in [0.717, 1.165) is 5.69 Å². The standard InChI is InChI=1S/C17H24FNO2/c1-11-7-15(13(12(2)20)8-14(11)18)19-9-16(3,4)21-17(5,6)10-19/h7-8H,9-10H2,1-6H3. The van der Waals surface area contributed by atoms with Crippen molar-refractivity contribution in [3.05, 3.63) is 29.1 Å². The Balaban J connectivity index is 2.50. The van der Waals surface area contributed by atoms with Gasteiger partial charge in [-0.1, -0.05) is 0 Å². The van der Waals surface area contributed by atoms with Gasteiger partial charge in [-0.3, -0.25) is 4.79 Å². The number of anilines is 1. The minimum Gasteiger partial charge on any atom is -0.366 e. The summed E-state index contributed by atoms with van der Waals surface area (Å²) >= 11 is 0. The minimum absolute atomic E-state index is 0.119. The highest BCUT2D eigenvalue weighted by atomic mass is 19.1. The van der Waals surface area contributed by atoms with E-state index in [4.69, 9.17) is 4.74 Å². The summed E-state index contributed by atoms with van der Waals surface area (Å²) < 4.78 is 19.9. The summed E-state index contributed by atoms with van der Waals surface area (Å²) in [4.78, 5) is 14.0. The van der Waals surface area contributed by atoms with Crippen LogP contribution in [-0.2, 0) is 4.74 Å². The maximum Gasteiger partial charge on any atom is 0.161 e. The Kier molecular flexibility index (Phi) is 3.87. The van der Waals surface area contributed by atoms with E-state index in [1.807, 2.05) is 27.7 Å². The summed E-state index contributed by atoms with van der Waals surface area (Å²) in [7, 11) is 0. The SMILES string of the molecule is CC(=O)c1cc(F)c(C)cc1N1CC(C)(C)OC(C)(C)C1. The molecular formula is C17H24FNO2. The number of carbonyl (C=O) groups excluding carboxylic acids is 1. The van der Waals surface area contributed by atoms with E-state index < -0.39 is 0 Å². The molecule has 1 aliphatic heterocycles. The molecule has 116 valence electrons. The highest BCUT2D eigenvalue weighted by Gasteiger charge is 2.39. The van der Waals surface area contributed by atoms with Crippen LogP contribution in [0.2, 0.25) is 0 Å². The Morgan fingerprint density at radius 3 is 2.19 bits per heavy atom. The first-order valence-corrected chi connectivity index (χ1v) is 7.27. The molecule has 0 atom stereocenters. The molecule has 0 aromatic heterocycles. The first kappa shape index (κ1) is 16.0. The average molecular weight is 293 g/mol. The number of hydrogen-bond acceptors (Lipinski definition) is 3. The van der Waals surface area contributed by atoms with Gasteiger partial charge in [0, 0.05) is 24.3 Å². The third kappa shape index (κ3) is 3.43. The van der Waals surface area contributed by atoms with Crippen LogP contribution in [0, 0.1) is 12.7 Å². The molecule has 1 aromatic rings. The molecule has 0 radical (unpaired) electrons. The summed E-state index contributed by atoms with van der Waals surface area (Å²) in [5, 5.41) is 0. The highest BCUT2D eigenvalue weighted by molar-refractivity contribution is 6.00. The summed E-state index contributed by atoms with van der Waals surface area (Å²) in [6.07, 6.45) is 0. The molecule has 0 amide bonds. The van der Waals surface area contributed by atoms with Crippen LogP contribution in [0.5, 0.6) is 0 Å². The van der Waals surface area contributed by atoms with Crippen LogP contribution in [0.1, 0.15) is 50.5 Å². The van der Waals surface area contributed by atoms with Crippen molar-refractivity contribution in [1.29, 1.82) is 0 Å². The number of halogens is 1. The zero-order valence-corrected chi connectivity index (χ0v) is 13.7. The monoisotopic (exact) mass is 293 g/mol. The van der Waals surface area contributed by atoms with Gasteiger partial charge in [-0.15, -0.1) is 0 Å². The van der Waals surface area contributed by atoms with Gasteiger partial charge >= 0.3 is 0 Å². The summed E-state index contributed by atoms with van der Waals surface area (Å²) in [6, 6.07) is 3.12. The zero-order valence-electron chi connectivity index (χ0n) is 13.7. The van der Waals surface area contributed by atoms with Crippen molar-refractivity contribution in [3.63, 3.8) is 0 Å². The molecule has 2 rings (SSSR count). The van der Waals surface area contributed by atoms with E-state index in [1.54, 1.807) is 13.0 Å². The van der Waals surface area contributed by atoms with Crippen molar-refractivity contribution >= 4 is 11.5 Å². The lowest BCUT2D eigenvalue weighted by Crippen LogP contribution is -2.57. The Labute approximate surface area is 126 Å². The molecule has 1 aliphatic rings. The Bertz CT molecular complexity index is 562. The third-order valence-electron chi connectivity index (χ3n) is 3.69. The molecule has 0 aliphatic carbocycles. The topological polar surface area (TPSA) is 29.5 Å². The number of nitrogens with zero attached hydrogens (tertiary/aromatic N) is 1. The molecule has 1 aromatic carbocycles. The van der Waals surface area contributed by atoms with E-state index in [2.05, 4.69) is 4.90 Å². The fourth-order valence-corrected chi connectivity index (χ4v) is 3.17. The second-order valence-corrected chi connectivity index (χ2v) is 7.15. The molecule has 3 nitrogen and oxygen atoms in total. The number of ether oxygens (including phenoxy) is 1. The fraction of sp³-hybridized carbons (Fsp3) is 0.588. The van der Waals surface area contributed by atoms with E-state index in [1.165, 1.54) is 13.0 Å². The van der Waals surface area contributed by atoms with Gasteiger partial charge in [0.05, 0.1) is 11.2 Å². The van der Waals surface area contributed by atoms with Gasteiger partial charge in [-0.2, -0.15) is 0 Å². The van der Waals surface area contributed by atoms with E-state index in [-0.39, 0.29) is 22.8 Å². The van der Waals surface area contributed by atoms with E-state index in [9.17, 15) is 9.18 Å². The van der Waals surface area contributed by atoms with Crippen LogP contribution in [-0.4, -0.2) is 30.1 Å². The molecule has 21 heavy (non-hydrogen) atoms. The van der Waals surface area contributed by atoms with Gasteiger partial charge in [0.15, 0.2) is 5.78 Å². The molecule has 1 heterocycles. The maximum absolute atomic E-state index is 13.8. The van der Waals surface area contributed by atoms with Crippen molar-refractivity contribution < 1.29 is 13.9 Å². The highest BCUT2D eigenvalue weighted by Crippen LogP contribution is 2.34. The molecule has 0 spiro atoms. The number of ketones is 1. The summed E-state index contributed by atoms with van der Waals surface area (Å²) in [6.45, 7) is 12.7. The largest absolute Gasteiger partial charge is 0.366 e. The van der Waals surface area contributed by atoms with E-state index in [0.29, 0.717) is 24.2 Å². The average Bonchev–Trinajstić information content (AvgIpc) is 2.27. The van der Waals surface area contributed by atoms with Crippen LogP contribution in [0.3, 0.4) is 0 Å². The van der Waals surface area contributed by atoms with Crippen molar-refractivity contribution in [2.45, 2.75) is 52.7 Å². The van der Waals surface area contributed by atoms with Gasteiger partial charge in [-0.25, -0.2) is 4.39 Å². The van der Waals surface area contributed by atoms with E-state index >= 15 is 0 Å². The van der Waals surface area contributed by atoms with Crippen LogP contribution >= 0.6 is 0 Å². The number of hydrogen-bond donors (Lipinski definition) is 0. The Hall–Kier alpha value is -1.42. The van der Waals surface area contributed by atoms with Crippen LogP contribution in [0.25, 0.3) is 0 Å². The zero-order chi connectivity index (χ0) is 16.0. The van der Waals surface area contributed by atoms with Gasteiger partial charge in [0.2, 0.25) is 0 Å². The van der Waals surface area contributed by atoms with Crippen LogP contribution in [0.15, 0.2) is 12.1 Å². The molecular weight excluding hydrogens is 269 g/mol. The van der Waals surface area contributed by atoms with Crippen molar-refractivity contribution in [2.24, 2.45) is 0 Å². The normalized spacial score (nSPS) is 20.4. The Morgan fingerprint density at radius 2 is 1.71 bits per heavy atom. The first-order valence-electron chi connectivity index (χ1n) is 7.27. The number of benzene rings is 1. The maximum atomic E-state index is 13.8. The number of Topliss-reactive ketones (excluding diaryl/α,β-unsaturated/α-hetero) is 1. The predicted octanol–water partition coefficient (Wildman–Crippen LogP) is 3.73. The quantitative estimate of drug-likeness (QED) is 0.778. The summed E-state index contributed by atoms with van der Waals surface area (Å²) in [5.41, 5.74) is 1.14. The lowest BCUT2D eigenvalue weighted by molar-refractivity contribution is -0.133. The second-order valence-electron chi connectivity index (χ2n) is 7.15. The number of aryl methyl sites for hydroxylation is 1. The smallest absolute Gasteiger partial charge is 0.161 e. The Morgan fingerprint density at radius 1 is 1.19 bits per heavy atom. The molecule has 4 heteroatoms. The van der Waals surface area contributed by atoms with Crippen LogP contribution < -0.4 is 4.90 Å². The fourth-order valence-electron chi connectivity index (χ4n) is 3.17. The van der Waals surface area contributed by atoms with Gasteiger partial charge in [0.25, 0.3) is 0 Å². The van der Waals surface area contributed by atoms with Gasteiger partial charge in [-0.05, 0) is 59.2 Å². The van der Waals surface area contributed by atoms with Crippen molar-refractivity contribution in [2.75, 3.05) is 18.0 Å². The molecule has 0 bridgehead atoms. The predicted molar refractivity (Wildman–Crippen MR) is 82.6 cm³/mol. The van der Waals surface area contributed by atoms with Gasteiger partial charge < -0.3 is 9.64 Å². The lowest BCUT2D eigenvalue weighted by atomic mass is 9.96. The number of morpholine rings is 1. The molecule has 0 unspecified atom stereocenters. The number of rotatable bonds is 2. The molecule has 1 saturated heterocycles. The second kappa shape index (κ2) is 5.09. The van der Waals surface area contributed by atoms with Crippen molar-refractivity contribution in [3.8, 4) is 0 Å². The molecule has 1 fully saturated rings. The van der Waals surface area contributed by atoms with Crippen LogP contribution in [0.4, 0.5) is 10.1 Å². The molecule has 0 saturated carbocycles.